The summed E-state index contributed by atoms with van der Waals surface area (Å²) in [7, 11) is 1.47. The minimum atomic E-state index is -0.535. The largest absolute Gasteiger partial charge is 0.468 e. The molecule has 0 radical (unpaired) electrons. The first-order valence-electron chi connectivity index (χ1n) is 7.07. The van der Waals surface area contributed by atoms with E-state index in [1.165, 1.54) is 39.2 Å². The molecule has 0 saturated heterocycles. The van der Waals surface area contributed by atoms with E-state index in [1.807, 2.05) is 18.7 Å². The molecular weight excluding hydrogens is 246 g/mol. The second-order valence-corrected chi connectivity index (χ2v) is 6.61. The van der Waals surface area contributed by atoms with Crippen molar-refractivity contribution >= 4 is 17.7 Å². The molecule has 1 aliphatic rings. The van der Waals surface area contributed by atoms with Gasteiger partial charge >= 0.3 is 5.97 Å². The average molecular weight is 273 g/mol. The number of nitrogens with one attached hydrogen (secondary N) is 1. The Labute approximate surface area is 115 Å². The summed E-state index contributed by atoms with van der Waals surface area (Å²) in [6.45, 7) is 4.93. The van der Waals surface area contributed by atoms with Crippen molar-refractivity contribution in [3.63, 3.8) is 0 Å². The molecule has 1 unspecified atom stereocenters. The molecule has 0 bridgehead atoms. The number of hydrogen-bond acceptors (Lipinski definition) is 4. The molecule has 1 N–H and O–H groups in total. The van der Waals surface area contributed by atoms with E-state index >= 15 is 0 Å². The summed E-state index contributed by atoms with van der Waals surface area (Å²) in [5.41, 5.74) is -0.535. The zero-order valence-corrected chi connectivity index (χ0v) is 12.8. The molecule has 3 nitrogen and oxygen atoms in total. The normalized spacial score (nSPS) is 20.4. The van der Waals surface area contributed by atoms with Gasteiger partial charge in [0.25, 0.3) is 0 Å². The number of ether oxygens (including phenoxy) is 1. The fraction of sp³-hybridized carbons (Fsp3) is 0.929. The summed E-state index contributed by atoms with van der Waals surface area (Å²) in [6, 6.07) is 0. The fourth-order valence-electron chi connectivity index (χ4n) is 2.32. The first kappa shape index (κ1) is 15.8. The van der Waals surface area contributed by atoms with Crippen LogP contribution in [0.2, 0.25) is 0 Å². The Bertz CT molecular complexity index is 254. The van der Waals surface area contributed by atoms with Gasteiger partial charge in [0.1, 0.15) is 5.54 Å². The molecule has 1 aliphatic carbocycles. The van der Waals surface area contributed by atoms with Gasteiger partial charge < -0.3 is 10.1 Å². The van der Waals surface area contributed by atoms with Crippen LogP contribution in [-0.2, 0) is 9.53 Å². The number of methoxy groups -OCH3 is 1. The van der Waals surface area contributed by atoms with Crippen LogP contribution in [0.1, 0.15) is 52.4 Å². The van der Waals surface area contributed by atoms with Crippen LogP contribution >= 0.6 is 11.8 Å². The summed E-state index contributed by atoms with van der Waals surface area (Å²) in [5.74, 6) is 0.670. The van der Waals surface area contributed by atoms with E-state index in [1.54, 1.807) is 0 Å². The molecule has 0 aromatic rings. The highest BCUT2D eigenvalue weighted by atomic mass is 32.2. The van der Waals surface area contributed by atoms with Crippen molar-refractivity contribution in [1.29, 1.82) is 0 Å². The van der Waals surface area contributed by atoms with Crippen LogP contribution in [0.25, 0.3) is 0 Å². The predicted octanol–water partition coefficient (Wildman–Crippen LogP) is 2.98. The molecule has 0 heterocycles. The first-order chi connectivity index (χ1) is 8.62. The molecule has 0 aromatic carbocycles. The zero-order chi connectivity index (χ0) is 13.4. The fourth-order valence-corrected chi connectivity index (χ4v) is 3.78. The standard InChI is InChI=1S/C14H27NO2S/c1-4-10-15-14(2,13(16)17-3)11-18-12-8-6-5-7-9-12/h12,15H,4-11H2,1-3H3. The predicted molar refractivity (Wildman–Crippen MR) is 78.0 cm³/mol. The van der Waals surface area contributed by atoms with Crippen molar-refractivity contribution < 1.29 is 9.53 Å². The second-order valence-electron chi connectivity index (χ2n) is 5.32. The Kier molecular flexibility index (Phi) is 7.08. The second kappa shape index (κ2) is 8.05. The van der Waals surface area contributed by atoms with Crippen LogP contribution in [-0.4, -0.2) is 36.2 Å². The van der Waals surface area contributed by atoms with E-state index in [0.717, 1.165) is 24.0 Å². The summed E-state index contributed by atoms with van der Waals surface area (Å²) in [4.78, 5) is 11.9. The number of rotatable bonds is 7. The van der Waals surface area contributed by atoms with Gasteiger partial charge in [0.05, 0.1) is 7.11 Å². The van der Waals surface area contributed by atoms with Crippen molar-refractivity contribution in [3.8, 4) is 0 Å². The van der Waals surface area contributed by atoms with Gasteiger partial charge in [0.15, 0.2) is 0 Å². The Morgan fingerprint density at radius 2 is 2.06 bits per heavy atom. The van der Waals surface area contributed by atoms with Crippen LogP contribution < -0.4 is 5.32 Å². The van der Waals surface area contributed by atoms with Gasteiger partial charge in [-0.1, -0.05) is 26.2 Å². The van der Waals surface area contributed by atoms with Gasteiger partial charge in [-0.3, -0.25) is 4.79 Å². The van der Waals surface area contributed by atoms with Crippen LogP contribution in [0.3, 0.4) is 0 Å². The van der Waals surface area contributed by atoms with Gasteiger partial charge in [-0.15, -0.1) is 0 Å². The number of carbonyl (C=O) groups is 1. The van der Waals surface area contributed by atoms with Crippen molar-refractivity contribution in [2.75, 3.05) is 19.4 Å². The molecule has 18 heavy (non-hydrogen) atoms. The minimum Gasteiger partial charge on any atom is -0.468 e. The molecule has 1 fully saturated rings. The van der Waals surface area contributed by atoms with E-state index in [2.05, 4.69) is 12.2 Å². The van der Waals surface area contributed by atoms with Crippen LogP contribution in [0.4, 0.5) is 0 Å². The summed E-state index contributed by atoms with van der Waals surface area (Å²) >= 11 is 1.94. The first-order valence-corrected chi connectivity index (χ1v) is 8.12. The van der Waals surface area contributed by atoms with Crippen molar-refractivity contribution in [3.05, 3.63) is 0 Å². The maximum absolute atomic E-state index is 11.9. The van der Waals surface area contributed by atoms with Gasteiger partial charge in [0.2, 0.25) is 0 Å². The highest BCUT2D eigenvalue weighted by molar-refractivity contribution is 8.00. The van der Waals surface area contributed by atoms with E-state index in [-0.39, 0.29) is 5.97 Å². The number of thioether (sulfide) groups is 1. The molecule has 0 aromatic heterocycles. The van der Waals surface area contributed by atoms with Crippen LogP contribution in [0.15, 0.2) is 0 Å². The Morgan fingerprint density at radius 3 is 2.61 bits per heavy atom. The molecule has 1 atom stereocenters. The Balaban J connectivity index is 2.46. The molecule has 1 rings (SSSR count). The molecule has 0 amide bonds. The number of carbonyl (C=O) groups excluding carboxylic acids is 1. The lowest BCUT2D eigenvalue weighted by Crippen LogP contribution is -2.52. The van der Waals surface area contributed by atoms with Gasteiger partial charge in [-0.05, 0) is 32.7 Å². The Morgan fingerprint density at radius 1 is 1.39 bits per heavy atom. The molecular formula is C14H27NO2S. The molecule has 106 valence electrons. The lowest BCUT2D eigenvalue weighted by atomic mass is 10.0. The monoisotopic (exact) mass is 273 g/mol. The maximum Gasteiger partial charge on any atom is 0.326 e. The summed E-state index contributed by atoms with van der Waals surface area (Å²) in [5, 5.41) is 4.07. The molecule has 0 aliphatic heterocycles. The molecule has 0 spiro atoms. The van der Waals surface area contributed by atoms with Crippen LogP contribution in [0.5, 0.6) is 0 Å². The van der Waals surface area contributed by atoms with Crippen molar-refractivity contribution in [2.45, 2.75) is 63.2 Å². The van der Waals surface area contributed by atoms with E-state index in [9.17, 15) is 4.79 Å². The lowest BCUT2D eigenvalue weighted by Gasteiger charge is -2.30. The quantitative estimate of drug-likeness (QED) is 0.724. The van der Waals surface area contributed by atoms with Crippen molar-refractivity contribution in [1.82, 2.24) is 5.32 Å². The van der Waals surface area contributed by atoms with E-state index in [0.29, 0.717) is 0 Å². The lowest BCUT2D eigenvalue weighted by molar-refractivity contribution is -0.146. The smallest absolute Gasteiger partial charge is 0.326 e. The van der Waals surface area contributed by atoms with Gasteiger partial charge in [-0.25, -0.2) is 0 Å². The average Bonchev–Trinajstić information content (AvgIpc) is 2.43. The topological polar surface area (TPSA) is 38.3 Å². The third-order valence-corrected chi connectivity index (χ3v) is 5.25. The molecule has 1 saturated carbocycles. The molecule has 4 heteroatoms. The van der Waals surface area contributed by atoms with Gasteiger partial charge in [0, 0.05) is 11.0 Å². The summed E-state index contributed by atoms with van der Waals surface area (Å²) in [6.07, 6.45) is 7.69. The van der Waals surface area contributed by atoms with E-state index < -0.39 is 5.54 Å². The SMILES string of the molecule is CCCNC(C)(CSC1CCCCC1)C(=O)OC. The van der Waals surface area contributed by atoms with Crippen LogP contribution in [0, 0.1) is 0 Å². The maximum atomic E-state index is 11.9. The number of esters is 1. The zero-order valence-electron chi connectivity index (χ0n) is 12.0. The summed E-state index contributed by atoms with van der Waals surface area (Å²) < 4.78 is 4.94. The van der Waals surface area contributed by atoms with Crippen molar-refractivity contribution in [2.24, 2.45) is 0 Å². The van der Waals surface area contributed by atoms with E-state index in [4.69, 9.17) is 4.74 Å². The van der Waals surface area contributed by atoms with Gasteiger partial charge in [-0.2, -0.15) is 11.8 Å². The highest BCUT2D eigenvalue weighted by Gasteiger charge is 2.34. The highest BCUT2D eigenvalue weighted by Crippen LogP contribution is 2.30. The third kappa shape index (κ3) is 4.81. The Hall–Kier alpha value is -0.220. The number of hydrogen-bond donors (Lipinski definition) is 1. The third-order valence-electron chi connectivity index (χ3n) is 3.56. The minimum absolute atomic E-state index is 0.140.